The molecular weight excluding hydrogens is 218 g/mol. The summed E-state index contributed by atoms with van der Waals surface area (Å²) in [7, 11) is 0. The number of carbonyl (C=O) groups is 2. The number of benzene rings is 1. The molecule has 1 rings (SSSR count). The van der Waals surface area contributed by atoms with Gasteiger partial charge in [0.2, 0.25) is 5.91 Å². The predicted octanol–water partition coefficient (Wildman–Crippen LogP) is 2.39. The lowest BCUT2D eigenvalue weighted by molar-refractivity contribution is -0.115. The van der Waals surface area contributed by atoms with Gasteiger partial charge in [-0.25, -0.2) is 4.79 Å². The zero-order valence-electron chi connectivity index (χ0n) is 8.08. The molecule has 0 spiro atoms. The van der Waals surface area contributed by atoms with Crippen molar-refractivity contribution in [3.8, 4) is 0 Å². The molecule has 0 aliphatic rings. The van der Waals surface area contributed by atoms with Crippen LogP contribution < -0.4 is 5.32 Å². The molecule has 1 aromatic rings. The van der Waals surface area contributed by atoms with E-state index < -0.39 is 5.97 Å². The van der Waals surface area contributed by atoms with Crippen molar-refractivity contribution in [2.75, 3.05) is 5.32 Å². The highest BCUT2D eigenvalue weighted by molar-refractivity contribution is 6.34. The van der Waals surface area contributed by atoms with Gasteiger partial charge >= 0.3 is 5.97 Å². The molecule has 0 aromatic heterocycles. The first kappa shape index (κ1) is 11.5. The van der Waals surface area contributed by atoms with Crippen molar-refractivity contribution >= 4 is 29.2 Å². The molecule has 1 amide bonds. The number of anilines is 1. The van der Waals surface area contributed by atoms with Crippen molar-refractivity contribution in [2.45, 2.75) is 13.3 Å². The highest BCUT2D eigenvalue weighted by Crippen LogP contribution is 2.24. The summed E-state index contributed by atoms with van der Waals surface area (Å²) in [6.45, 7) is 1.68. The van der Waals surface area contributed by atoms with Gasteiger partial charge in [0.25, 0.3) is 0 Å². The van der Waals surface area contributed by atoms with Crippen LogP contribution in [0.1, 0.15) is 23.7 Å². The summed E-state index contributed by atoms with van der Waals surface area (Å²) < 4.78 is 0. The Bertz CT molecular complexity index is 404. The molecule has 0 heterocycles. The van der Waals surface area contributed by atoms with Crippen LogP contribution in [0.15, 0.2) is 18.2 Å². The number of hydrogen-bond donors (Lipinski definition) is 2. The summed E-state index contributed by atoms with van der Waals surface area (Å²) in [5.41, 5.74) is 0.141. The number of carboxylic acid groups (broad SMARTS) is 1. The average Bonchev–Trinajstić information content (AvgIpc) is 2.17. The Kier molecular flexibility index (Phi) is 3.68. The zero-order valence-corrected chi connectivity index (χ0v) is 8.84. The molecule has 0 aliphatic carbocycles. The van der Waals surface area contributed by atoms with Gasteiger partial charge in [0, 0.05) is 6.42 Å². The summed E-state index contributed by atoms with van der Waals surface area (Å²) in [6.07, 6.45) is 0.283. The molecule has 4 nitrogen and oxygen atoms in total. The first-order valence-electron chi connectivity index (χ1n) is 4.38. The van der Waals surface area contributed by atoms with Crippen LogP contribution in [0.3, 0.4) is 0 Å². The first-order chi connectivity index (χ1) is 7.06. The van der Waals surface area contributed by atoms with E-state index in [1.165, 1.54) is 12.1 Å². The number of aromatic carboxylic acids is 1. The smallest absolute Gasteiger partial charge is 0.339 e. The third kappa shape index (κ3) is 2.70. The standard InChI is InChI=1S/C10H10ClNO3/c1-2-8(13)12-7-5-3-4-6(11)9(7)10(14)15/h3-5H,2H2,1H3,(H,12,13)(H,14,15). The Hall–Kier alpha value is -1.55. The van der Waals surface area contributed by atoms with Crippen LogP contribution in [0, 0.1) is 0 Å². The normalized spacial score (nSPS) is 9.73. The monoisotopic (exact) mass is 227 g/mol. The summed E-state index contributed by atoms with van der Waals surface area (Å²) in [5, 5.41) is 11.5. The molecule has 0 bridgehead atoms. The maximum absolute atomic E-state index is 11.1. The first-order valence-corrected chi connectivity index (χ1v) is 4.75. The Balaban J connectivity index is 3.11. The fourth-order valence-electron chi connectivity index (χ4n) is 1.08. The van der Waals surface area contributed by atoms with Crippen molar-refractivity contribution in [2.24, 2.45) is 0 Å². The van der Waals surface area contributed by atoms with E-state index in [1.807, 2.05) is 0 Å². The van der Waals surface area contributed by atoms with E-state index in [1.54, 1.807) is 13.0 Å². The molecule has 0 saturated heterocycles. The Morgan fingerprint density at radius 3 is 2.67 bits per heavy atom. The van der Waals surface area contributed by atoms with E-state index in [0.717, 1.165) is 0 Å². The highest BCUT2D eigenvalue weighted by atomic mass is 35.5. The number of carboxylic acids is 1. The van der Waals surface area contributed by atoms with Gasteiger partial charge in [-0.3, -0.25) is 4.79 Å². The third-order valence-corrected chi connectivity index (χ3v) is 2.14. The van der Waals surface area contributed by atoms with Crippen molar-refractivity contribution in [1.82, 2.24) is 0 Å². The van der Waals surface area contributed by atoms with Crippen LogP contribution in [-0.2, 0) is 4.79 Å². The second-order valence-corrected chi connectivity index (χ2v) is 3.28. The number of nitrogens with one attached hydrogen (secondary N) is 1. The fraction of sp³-hybridized carbons (Fsp3) is 0.200. The van der Waals surface area contributed by atoms with Crippen LogP contribution in [0.5, 0.6) is 0 Å². The van der Waals surface area contributed by atoms with Crippen molar-refractivity contribution in [1.29, 1.82) is 0 Å². The van der Waals surface area contributed by atoms with E-state index >= 15 is 0 Å². The molecule has 2 N–H and O–H groups in total. The third-order valence-electron chi connectivity index (χ3n) is 1.82. The van der Waals surface area contributed by atoms with Gasteiger partial charge in [0.05, 0.1) is 10.7 Å². The maximum atomic E-state index is 11.1. The number of rotatable bonds is 3. The Labute approximate surface area is 91.9 Å². The number of carbonyl (C=O) groups excluding carboxylic acids is 1. The largest absolute Gasteiger partial charge is 0.478 e. The summed E-state index contributed by atoms with van der Waals surface area (Å²) >= 11 is 5.72. The van der Waals surface area contributed by atoms with Crippen LogP contribution >= 0.6 is 11.6 Å². The second kappa shape index (κ2) is 4.79. The van der Waals surface area contributed by atoms with E-state index in [4.69, 9.17) is 16.7 Å². The van der Waals surface area contributed by atoms with Crippen LogP contribution in [0.2, 0.25) is 5.02 Å². The van der Waals surface area contributed by atoms with Gasteiger partial charge in [-0.1, -0.05) is 24.6 Å². The highest BCUT2D eigenvalue weighted by Gasteiger charge is 2.15. The van der Waals surface area contributed by atoms with Gasteiger partial charge in [0.15, 0.2) is 0 Å². The maximum Gasteiger partial charge on any atom is 0.339 e. The number of amides is 1. The summed E-state index contributed by atoms with van der Waals surface area (Å²) in [6, 6.07) is 4.55. The lowest BCUT2D eigenvalue weighted by Crippen LogP contribution is -2.13. The molecule has 0 radical (unpaired) electrons. The molecule has 0 fully saturated rings. The van der Waals surface area contributed by atoms with Gasteiger partial charge in [0.1, 0.15) is 5.56 Å². The summed E-state index contributed by atoms with van der Waals surface area (Å²) in [4.78, 5) is 22.0. The average molecular weight is 228 g/mol. The molecule has 15 heavy (non-hydrogen) atoms. The fourth-order valence-corrected chi connectivity index (χ4v) is 1.34. The van der Waals surface area contributed by atoms with Crippen LogP contribution in [-0.4, -0.2) is 17.0 Å². The molecule has 0 aliphatic heterocycles. The van der Waals surface area contributed by atoms with Gasteiger partial charge < -0.3 is 10.4 Å². The molecule has 0 unspecified atom stereocenters. The molecule has 5 heteroatoms. The van der Waals surface area contributed by atoms with Crippen molar-refractivity contribution in [3.63, 3.8) is 0 Å². The number of halogens is 1. The van der Waals surface area contributed by atoms with Crippen molar-refractivity contribution in [3.05, 3.63) is 28.8 Å². The second-order valence-electron chi connectivity index (χ2n) is 2.87. The van der Waals surface area contributed by atoms with Gasteiger partial charge in [-0.15, -0.1) is 0 Å². The molecule has 0 atom stereocenters. The van der Waals surface area contributed by atoms with E-state index in [2.05, 4.69) is 5.32 Å². The minimum atomic E-state index is -1.16. The molecular formula is C10H10ClNO3. The topological polar surface area (TPSA) is 66.4 Å². The lowest BCUT2D eigenvalue weighted by atomic mass is 10.1. The minimum absolute atomic E-state index is 0.0824. The van der Waals surface area contributed by atoms with Crippen LogP contribution in [0.25, 0.3) is 0 Å². The Morgan fingerprint density at radius 2 is 2.13 bits per heavy atom. The van der Waals surface area contributed by atoms with Gasteiger partial charge in [-0.2, -0.15) is 0 Å². The van der Waals surface area contributed by atoms with Crippen LogP contribution in [0.4, 0.5) is 5.69 Å². The zero-order chi connectivity index (χ0) is 11.4. The van der Waals surface area contributed by atoms with E-state index in [0.29, 0.717) is 0 Å². The SMILES string of the molecule is CCC(=O)Nc1cccc(Cl)c1C(=O)O. The van der Waals surface area contributed by atoms with E-state index in [9.17, 15) is 9.59 Å². The number of hydrogen-bond acceptors (Lipinski definition) is 2. The van der Waals surface area contributed by atoms with Gasteiger partial charge in [-0.05, 0) is 12.1 Å². The predicted molar refractivity (Wildman–Crippen MR) is 57.3 cm³/mol. The molecule has 1 aromatic carbocycles. The molecule has 0 saturated carbocycles. The van der Waals surface area contributed by atoms with Crippen molar-refractivity contribution < 1.29 is 14.7 Å². The molecule has 80 valence electrons. The minimum Gasteiger partial charge on any atom is -0.478 e. The quantitative estimate of drug-likeness (QED) is 0.833. The Morgan fingerprint density at radius 1 is 1.47 bits per heavy atom. The summed E-state index contributed by atoms with van der Waals surface area (Å²) in [5.74, 6) is -1.41. The lowest BCUT2D eigenvalue weighted by Gasteiger charge is -2.08. The van der Waals surface area contributed by atoms with E-state index in [-0.39, 0.29) is 28.6 Å².